The van der Waals surface area contributed by atoms with Gasteiger partial charge < -0.3 is 5.32 Å². The topological polar surface area (TPSA) is 68.5 Å². The molecule has 0 spiro atoms. The van der Waals surface area contributed by atoms with E-state index in [0.717, 1.165) is 17.5 Å². The van der Waals surface area contributed by atoms with E-state index in [4.69, 9.17) is 0 Å². The van der Waals surface area contributed by atoms with Crippen LogP contribution < -0.4 is 5.32 Å². The second-order valence-corrected chi connectivity index (χ2v) is 6.50. The maximum Gasteiger partial charge on any atom is 0.223 e. The average molecular weight is 374 g/mol. The van der Waals surface area contributed by atoms with Gasteiger partial charge in [-0.2, -0.15) is 5.10 Å². The first-order valence-electron chi connectivity index (χ1n) is 8.97. The molecule has 1 aromatic carbocycles. The van der Waals surface area contributed by atoms with Crippen LogP contribution in [0, 0.1) is 5.82 Å². The standard InChI is InChI=1S/C21H19FN6/c1-15(11-16-5-4-9-23-12-16)26-21-24-10-8-19(27-21)17-13-25-28(14-17)20-7-3-2-6-18(20)22/h2-10,12-15H,11H2,1H3,(H,24,26,27). The van der Waals surface area contributed by atoms with Crippen molar-refractivity contribution in [3.8, 4) is 16.9 Å². The summed E-state index contributed by atoms with van der Waals surface area (Å²) in [4.78, 5) is 13.0. The van der Waals surface area contributed by atoms with E-state index in [1.807, 2.05) is 18.3 Å². The van der Waals surface area contributed by atoms with Crippen molar-refractivity contribution in [2.24, 2.45) is 0 Å². The number of benzene rings is 1. The highest BCUT2D eigenvalue weighted by molar-refractivity contribution is 5.59. The van der Waals surface area contributed by atoms with Crippen LogP contribution in [0.3, 0.4) is 0 Å². The molecule has 0 saturated carbocycles. The average Bonchev–Trinajstić information content (AvgIpc) is 3.19. The molecule has 4 rings (SSSR count). The molecule has 1 N–H and O–H groups in total. The first-order chi connectivity index (χ1) is 13.7. The summed E-state index contributed by atoms with van der Waals surface area (Å²) in [6.45, 7) is 2.07. The fraction of sp³-hybridized carbons (Fsp3) is 0.143. The van der Waals surface area contributed by atoms with Crippen LogP contribution in [0.1, 0.15) is 12.5 Å². The van der Waals surface area contributed by atoms with Gasteiger partial charge in [-0.15, -0.1) is 0 Å². The summed E-state index contributed by atoms with van der Waals surface area (Å²) in [5.74, 6) is 0.207. The number of hydrogen-bond acceptors (Lipinski definition) is 5. The highest BCUT2D eigenvalue weighted by Crippen LogP contribution is 2.20. The lowest BCUT2D eigenvalue weighted by molar-refractivity contribution is 0.611. The van der Waals surface area contributed by atoms with E-state index >= 15 is 0 Å². The molecule has 0 bridgehead atoms. The van der Waals surface area contributed by atoms with Gasteiger partial charge in [-0.05, 0) is 43.2 Å². The summed E-state index contributed by atoms with van der Waals surface area (Å²) in [6.07, 6.45) is 9.54. The van der Waals surface area contributed by atoms with E-state index in [2.05, 4.69) is 32.3 Å². The van der Waals surface area contributed by atoms with E-state index in [9.17, 15) is 4.39 Å². The Labute approximate surface area is 162 Å². The lowest BCUT2D eigenvalue weighted by Gasteiger charge is -2.13. The van der Waals surface area contributed by atoms with Gasteiger partial charge in [0.05, 0.1) is 11.9 Å². The van der Waals surface area contributed by atoms with E-state index in [1.165, 1.54) is 10.7 Å². The van der Waals surface area contributed by atoms with Gasteiger partial charge in [-0.3, -0.25) is 4.98 Å². The molecule has 28 heavy (non-hydrogen) atoms. The third kappa shape index (κ3) is 4.03. The maximum atomic E-state index is 14.0. The van der Waals surface area contributed by atoms with Crippen LogP contribution in [0.25, 0.3) is 16.9 Å². The van der Waals surface area contributed by atoms with Crippen molar-refractivity contribution in [2.75, 3.05) is 5.32 Å². The van der Waals surface area contributed by atoms with Crippen molar-refractivity contribution in [1.82, 2.24) is 24.7 Å². The molecule has 0 aliphatic carbocycles. The van der Waals surface area contributed by atoms with Crippen LogP contribution in [-0.4, -0.2) is 30.8 Å². The molecule has 3 aromatic heterocycles. The molecular weight excluding hydrogens is 355 g/mol. The Hall–Kier alpha value is -3.61. The van der Waals surface area contributed by atoms with E-state index in [0.29, 0.717) is 17.3 Å². The molecule has 0 radical (unpaired) electrons. The molecule has 4 aromatic rings. The minimum Gasteiger partial charge on any atom is -0.351 e. The Morgan fingerprint density at radius 2 is 1.96 bits per heavy atom. The normalized spacial score (nSPS) is 11.9. The summed E-state index contributed by atoms with van der Waals surface area (Å²) in [7, 11) is 0. The monoisotopic (exact) mass is 374 g/mol. The summed E-state index contributed by atoms with van der Waals surface area (Å²) in [5, 5.41) is 7.57. The van der Waals surface area contributed by atoms with Crippen LogP contribution >= 0.6 is 0 Å². The van der Waals surface area contributed by atoms with Crippen LogP contribution in [0.4, 0.5) is 10.3 Å². The number of nitrogens with zero attached hydrogens (tertiary/aromatic N) is 5. The Bertz CT molecular complexity index is 1060. The fourth-order valence-electron chi connectivity index (χ4n) is 2.96. The number of halogens is 1. The first-order valence-corrected chi connectivity index (χ1v) is 8.97. The van der Waals surface area contributed by atoms with Crippen molar-refractivity contribution in [2.45, 2.75) is 19.4 Å². The quantitative estimate of drug-likeness (QED) is 0.554. The smallest absolute Gasteiger partial charge is 0.223 e. The van der Waals surface area contributed by atoms with Crippen molar-refractivity contribution < 1.29 is 4.39 Å². The molecule has 1 atom stereocenters. The number of pyridine rings is 1. The summed E-state index contributed by atoms with van der Waals surface area (Å²) < 4.78 is 15.5. The van der Waals surface area contributed by atoms with Crippen molar-refractivity contribution in [1.29, 1.82) is 0 Å². The second kappa shape index (κ2) is 7.96. The molecule has 140 valence electrons. The first kappa shape index (κ1) is 17.8. The van der Waals surface area contributed by atoms with Crippen molar-refractivity contribution in [3.05, 3.63) is 84.8 Å². The number of para-hydroxylation sites is 1. The van der Waals surface area contributed by atoms with Gasteiger partial charge in [-0.1, -0.05) is 18.2 Å². The molecule has 0 aliphatic rings. The maximum absolute atomic E-state index is 14.0. The second-order valence-electron chi connectivity index (χ2n) is 6.50. The number of hydrogen-bond donors (Lipinski definition) is 1. The van der Waals surface area contributed by atoms with E-state index < -0.39 is 0 Å². The van der Waals surface area contributed by atoms with Gasteiger partial charge >= 0.3 is 0 Å². The molecule has 0 aliphatic heterocycles. The molecule has 0 saturated heterocycles. The molecule has 1 unspecified atom stereocenters. The van der Waals surface area contributed by atoms with E-state index in [-0.39, 0.29) is 11.9 Å². The van der Waals surface area contributed by atoms with E-state index in [1.54, 1.807) is 49.1 Å². The fourth-order valence-corrected chi connectivity index (χ4v) is 2.96. The summed E-state index contributed by atoms with van der Waals surface area (Å²) >= 11 is 0. The zero-order chi connectivity index (χ0) is 19.3. The van der Waals surface area contributed by atoms with Gasteiger partial charge in [0.1, 0.15) is 11.5 Å². The van der Waals surface area contributed by atoms with Crippen LogP contribution in [-0.2, 0) is 6.42 Å². The molecule has 6 nitrogen and oxygen atoms in total. The predicted molar refractivity (Wildman–Crippen MR) is 106 cm³/mol. The SMILES string of the molecule is CC(Cc1cccnc1)Nc1nccc(-c2cnn(-c3ccccc3F)c2)n1. The predicted octanol–water partition coefficient (Wildman–Crippen LogP) is 3.91. The number of rotatable bonds is 6. The van der Waals surface area contributed by atoms with Crippen molar-refractivity contribution in [3.63, 3.8) is 0 Å². The summed E-state index contributed by atoms with van der Waals surface area (Å²) in [6, 6.07) is 12.4. The van der Waals surface area contributed by atoms with Gasteiger partial charge in [0.2, 0.25) is 5.95 Å². The van der Waals surface area contributed by atoms with Gasteiger partial charge in [0.15, 0.2) is 0 Å². The largest absolute Gasteiger partial charge is 0.351 e. The molecule has 0 amide bonds. The van der Waals surface area contributed by atoms with Gasteiger partial charge in [-0.25, -0.2) is 19.0 Å². The Kier molecular flexibility index (Phi) is 5.05. The zero-order valence-corrected chi connectivity index (χ0v) is 15.3. The highest BCUT2D eigenvalue weighted by atomic mass is 19.1. The van der Waals surface area contributed by atoms with Crippen molar-refractivity contribution >= 4 is 5.95 Å². The molecule has 7 heteroatoms. The molecular formula is C21H19FN6. The minimum absolute atomic E-state index is 0.139. The Morgan fingerprint density at radius 1 is 1.07 bits per heavy atom. The minimum atomic E-state index is -0.327. The van der Waals surface area contributed by atoms with Gasteiger partial charge in [0.25, 0.3) is 0 Å². The van der Waals surface area contributed by atoms with Crippen LogP contribution in [0.15, 0.2) is 73.4 Å². The van der Waals surface area contributed by atoms with Gasteiger partial charge in [0, 0.05) is 36.4 Å². The third-order valence-corrected chi connectivity index (χ3v) is 4.27. The Balaban J connectivity index is 1.50. The van der Waals surface area contributed by atoms with Crippen LogP contribution in [0.5, 0.6) is 0 Å². The zero-order valence-electron chi connectivity index (χ0n) is 15.3. The van der Waals surface area contributed by atoms with Crippen LogP contribution in [0.2, 0.25) is 0 Å². The number of aromatic nitrogens is 5. The third-order valence-electron chi connectivity index (χ3n) is 4.27. The Morgan fingerprint density at radius 3 is 2.79 bits per heavy atom. The number of anilines is 1. The molecule has 3 heterocycles. The highest BCUT2D eigenvalue weighted by Gasteiger charge is 2.10. The molecule has 0 fully saturated rings. The number of nitrogens with one attached hydrogen (secondary N) is 1. The summed E-state index contributed by atoms with van der Waals surface area (Å²) in [5.41, 5.74) is 3.04. The lowest BCUT2D eigenvalue weighted by Crippen LogP contribution is -2.19. The lowest BCUT2D eigenvalue weighted by atomic mass is 10.1.